The maximum atomic E-state index is 12.3. The van der Waals surface area contributed by atoms with Crippen molar-refractivity contribution in [3.8, 4) is 11.1 Å². The van der Waals surface area contributed by atoms with E-state index in [9.17, 15) is 9.59 Å². The van der Waals surface area contributed by atoms with Gasteiger partial charge in [0.2, 0.25) is 0 Å². The summed E-state index contributed by atoms with van der Waals surface area (Å²) in [6, 6.07) is 8.17. The van der Waals surface area contributed by atoms with E-state index in [1.54, 1.807) is 0 Å². The molecule has 0 radical (unpaired) electrons. The van der Waals surface area contributed by atoms with Gasteiger partial charge in [-0.25, -0.2) is 4.79 Å². The highest BCUT2D eigenvalue weighted by Gasteiger charge is 2.28. The highest BCUT2D eigenvalue weighted by atomic mass is 35.5. The number of amides is 1. The summed E-state index contributed by atoms with van der Waals surface area (Å²) in [6.07, 6.45) is 0.820. The number of carbonyl (C=O) groups is 2. The Morgan fingerprint density at radius 2 is 1.73 bits per heavy atom. The molecule has 0 fully saturated rings. The van der Waals surface area contributed by atoms with Crippen LogP contribution >= 0.6 is 24.8 Å². The zero-order valence-electron chi connectivity index (χ0n) is 21.7. The molecule has 0 spiro atoms. The Labute approximate surface area is 229 Å². The van der Waals surface area contributed by atoms with Crippen LogP contribution in [-0.4, -0.2) is 34.2 Å². The fraction of sp³-hybridized carbons (Fsp3) is 0.385. The Kier molecular flexibility index (Phi) is 12.2. The number of aromatic nitrogens is 3. The number of nitrogens with zero attached hydrogens (tertiary/aromatic N) is 2. The molecule has 1 aromatic carbocycles. The molecule has 0 aliphatic rings. The summed E-state index contributed by atoms with van der Waals surface area (Å²) in [4.78, 5) is 29.3. The van der Waals surface area contributed by atoms with Crippen molar-refractivity contribution < 1.29 is 19.1 Å². The van der Waals surface area contributed by atoms with Gasteiger partial charge in [0.05, 0.1) is 25.6 Å². The topological polar surface area (TPSA) is 146 Å². The van der Waals surface area contributed by atoms with Gasteiger partial charge in [0, 0.05) is 23.5 Å². The van der Waals surface area contributed by atoms with Gasteiger partial charge in [-0.1, -0.05) is 43.7 Å². The number of aromatic amines is 1. The van der Waals surface area contributed by atoms with Crippen LogP contribution in [0.15, 0.2) is 30.5 Å². The predicted octanol–water partition coefficient (Wildman–Crippen LogP) is 4.12. The van der Waals surface area contributed by atoms with E-state index in [-0.39, 0.29) is 42.7 Å². The molecule has 5 N–H and O–H groups in total. The molecule has 0 bridgehead atoms. The number of benzene rings is 1. The number of carbonyl (C=O) groups excluding carboxylic acids is 2. The molecule has 11 heteroatoms. The monoisotopic (exact) mass is 551 g/mol. The quantitative estimate of drug-likeness (QED) is 0.321. The molecular weight excluding hydrogens is 517 g/mol. The average Bonchev–Trinajstić information content (AvgIpc) is 3.29. The number of hydrogen-bond acceptors (Lipinski definition) is 7. The van der Waals surface area contributed by atoms with Crippen molar-refractivity contribution in [3.05, 3.63) is 69.8 Å². The molecule has 0 saturated carbocycles. The summed E-state index contributed by atoms with van der Waals surface area (Å²) < 4.78 is 10.8. The first-order chi connectivity index (χ1) is 16.7. The molecular formula is C26H35Cl2N5O4. The number of aryl methyl sites for hydroxylation is 2. The number of halogens is 2. The lowest BCUT2D eigenvalue weighted by Gasteiger charge is -2.22. The molecule has 0 aliphatic carbocycles. The lowest BCUT2D eigenvalue weighted by Crippen LogP contribution is -2.26. The van der Waals surface area contributed by atoms with Crippen LogP contribution in [0.25, 0.3) is 11.1 Å². The predicted molar refractivity (Wildman–Crippen MR) is 147 cm³/mol. The molecule has 1 atom stereocenters. The van der Waals surface area contributed by atoms with Crippen LogP contribution in [0.1, 0.15) is 64.1 Å². The van der Waals surface area contributed by atoms with E-state index in [2.05, 4.69) is 24.0 Å². The third kappa shape index (κ3) is 7.29. The van der Waals surface area contributed by atoms with Crippen molar-refractivity contribution in [1.29, 1.82) is 0 Å². The number of nitrogens with one attached hydrogen (secondary N) is 1. The summed E-state index contributed by atoms with van der Waals surface area (Å²) >= 11 is 0. The second-order valence-electron chi connectivity index (χ2n) is 8.93. The lowest BCUT2D eigenvalue weighted by atomic mass is 9.90. The van der Waals surface area contributed by atoms with E-state index in [4.69, 9.17) is 25.9 Å². The summed E-state index contributed by atoms with van der Waals surface area (Å²) in [5, 5.41) is 6.51. The highest BCUT2D eigenvalue weighted by molar-refractivity contribution is 5.93. The number of methoxy groups -OCH3 is 1. The minimum Gasteiger partial charge on any atom is -0.465 e. The minimum absolute atomic E-state index is 0. The third-order valence-corrected chi connectivity index (χ3v) is 5.83. The van der Waals surface area contributed by atoms with Crippen LogP contribution < -0.4 is 11.5 Å². The van der Waals surface area contributed by atoms with Crippen molar-refractivity contribution >= 4 is 36.7 Å². The number of primary amides is 1. The molecule has 3 rings (SSSR count). The van der Waals surface area contributed by atoms with Gasteiger partial charge in [0.15, 0.2) is 6.10 Å². The smallest absolute Gasteiger partial charge is 0.341 e. The first-order valence-corrected chi connectivity index (χ1v) is 11.5. The number of rotatable bonds is 10. The summed E-state index contributed by atoms with van der Waals surface area (Å²) in [5.41, 5.74) is 18.6. The first kappa shape index (κ1) is 32.0. The largest absolute Gasteiger partial charge is 0.465 e. The van der Waals surface area contributed by atoms with Crippen molar-refractivity contribution in [2.75, 3.05) is 7.11 Å². The minimum atomic E-state index is -1.24. The Morgan fingerprint density at radius 3 is 2.27 bits per heavy atom. The van der Waals surface area contributed by atoms with Crippen LogP contribution in [0.3, 0.4) is 0 Å². The SMILES string of the molecule is COC(=O)c1cn[nH]c1C(OCc1c(C)nc(CC(C)C)c(CN)c1-c1ccc(C)cc1)C(N)=O.Cl.Cl. The average molecular weight is 553 g/mol. The Balaban J connectivity index is 0.00000342. The Morgan fingerprint density at radius 1 is 1.08 bits per heavy atom. The van der Waals surface area contributed by atoms with Gasteiger partial charge in [-0.15, -0.1) is 24.8 Å². The first-order valence-electron chi connectivity index (χ1n) is 11.5. The number of pyridine rings is 1. The van der Waals surface area contributed by atoms with E-state index < -0.39 is 18.0 Å². The highest BCUT2D eigenvalue weighted by Crippen LogP contribution is 2.34. The molecule has 1 amide bonds. The molecule has 37 heavy (non-hydrogen) atoms. The standard InChI is InChI=1S/C26H33N5O4.2ClH/c1-14(2)10-21-18(11-27)22(17-8-6-15(3)7-9-17)20(16(4)30-21)13-35-24(25(28)32)23-19(12-29-31-23)26(33)34-5;;/h6-9,12,14,24H,10-11,13,27H2,1-5H3,(H2,28,32)(H,29,31);2*1H. The number of nitrogens with two attached hydrogens (primary N) is 2. The molecule has 2 heterocycles. The molecule has 1 unspecified atom stereocenters. The van der Waals surface area contributed by atoms with Crippen molar-refractivity contribution in [1.82, 2.24) is 15.2 Å². The van der Waals surface area contributed by atoms with E-state index >= 15 is 0 Å². The van der Waals surface area contributed by atoms with Gasteiger partial charge in [-0.05, 0) is 42.9 Å². The van der Waals surface area contributed by atoms with Crippen LogP contribution in [-0.2, 0) is 33.8 Å². The van der Waals surface area contributed by atoms with Gasteiger partial charge in [-0.2, -0.15) is 5.10 Å². The maximum absolute atomic E-state index is 12.3. The van der Waals surface area contributed by atoms with E-state index in [1.165, 1.54) is 13.3 Å². The number of H-pyrrole nitrogens is 1. The summed E-state index contributed by atoms with van der Waals surface area (Å²) in [5.74, 6) is -1.01. The van der Waals surface area contributed by atoms with Gasteiger partial charge in [-0.3, -0.25) is 14.9 Å². The van der Waals surface area contributed by atoms with E-state index in [0.717, 1.165) is 45.6 Å². The lowest BCUT2D eigenvalue weighted by molar-refractivity contribution is -0.131. The number of hydrogen-bond donors (Lipinski definition) is 3. The fourth-order valence-electron chi connectivity index (χ4n) is 4.11. The number of esters is 1. The van der Waals surface area contributed by atoms with Gasteiger partial charge < -0.3 is 20.9 Å². The van der Waals surface area contributed by atoms with Gasteiger partial charge in [0.25, 0.3) is 5.91 Å². The van der Waals surface area contributed by atoms with Crippen LogP contribution in [0, 0.1) is 19.8 Å². The summed E-state index contributed by atoms with van der Waals surface area (Å²) in [7, 11) is 1.25. The molecule has 9 nitrogen and oxygen atoms in total. The molecule has 2 aromatic heterocycles. The second kappa shape index (κ2) is 14.1. The normalized spacial score (nSPS) is 11.4. The van der Waals surface area contributed by atoms with Crippen molar-refractivity contribution in [2.45, 2.75) is 53.4 Å². The summed E-state index contributed by atoms with van der Waals surface area (Å²) in [6.45, 7) is 8.54. The number of ether oxygens (including phenoxy) is 2. The fourth-order valence-corrected chi connectivity index (χ4v) is 4.11. The van der Waals surface area contributed by atoms with Crippen molar-refractivity contribution in [2.24, 2.45) is 17.4 Å². The van der Waals surface area contributed by atoms with Gasteiger partial charge in [0.1, 0.15) is 5.56 Å². The van der Waals surface area contributed by atoms with E-state index in [1.807, 2.05) is 38.1 Å². The molecule has 3 aromatic rings. The van der Waals surface area contributed by atoms with E-state index in [0.29, 0.717) is 12.5 Å². The van der Waals surface area contributed by atoms with Crippen molar-refractivity contribution in [3.63, 3.8) is 0 Å². The maximum Gasteiger partial charge on any atom is 0.341 e. The zero-order chi connectivity index (χ0) is 25.7. The van der Waals surface area contributed by atoms with Crippen LogP contribution in [0.5, 0.6) is 0 Å². The third-order valence-electron chi connectivity index (χ3n) is 5.83. The molecule has 0 saturated heterocycles. The molecule has 202 valence electrons. The van der Waals surface area contributed by atoms with Crippen LogP contribution in [0.2, 0.25) is 0 Å². The van der Waals surface area contributed by atoms with Crippen LogP contribution in [0.4, 0.5) is 0 Å². The zero-order valence-corrected chi connectivity index (χ0v) is 23.3. The van der Waals surface area contributed by atoms with Gasteiger partial charge >= 0.3 is 5.97 Å². The Hall–Kier alpha value is -2.98. The Bertz CT molecular complexity index is 1210. The molecule has 0 aliphatic heterocycles. The second-order valence-corrected chi connectivity index (χ2v) is 8.93.